The molecule has 140 valence electrons. The number of nitrogens with zero attached hydrogens (tertiary/aromatic N) is 7. The van der Waals surface area contributed by atoms with Crippen molar-refractivity contribution in [2.24, 2.45) is 0 Å². The maximum absolute atomic E-state index is 5.49. The second-order valence-corrected chi connectivity index (χ2v) is 6.99. The van der Waals surface area contributed by atoms with Crippen LogP contribution < -0.4 is 9.80 Å². The number of rotatable bonds is 3. The second kappa shape index (κ2) is 7.11. The van der Waals surface area contributed by atoms with Crippen LogP contribution >= 0.6 is 0 Å². The largest absolute Gasteiger partial charge is 0.378 e. The van der Waals surface area contributed by atoms with Crippen LogP contribution in [0.15, 0.2) is 30.6 Å². The van der Waals surface area contributed by atoms with E-state index in [1.54, 1.807) is 6.33 Å². The molecule has 2 saturated heterocycles. The monoisotopic (exact) mass is 365 g/mol. The number of hydrogen-bond acceptors (Lipinski definition) is 7. The summed E-state index contributed by atoms with van der Waals surface area (Å²) in [5.74, 6) is 2.11. The first-order valence-electron chi connectivity index (χ1n) is 9.65. The summed E-state index contributed by atoms with van der Waals surface area (Å²) in [5, 5.41) is 0. The average Bonchev–Trinajstić information content (AvgIpc) is 3.19. The van der Waals surface area contributed by atoms with Gasteiger partial charge in [0.05, 0.1) is 24.2 Å². The molecule has 0 spiro atoms. The molecule has 2 fully saturated rings. The minimum absolute atomic E-state index is 0.626. The molecule has 0 radical (unpaired) electrons. The average molecular weight is 365 g/mol. The lowest BCUT2D eigenvalue weighted by Crippen LogP contribution is -2.38. The fourth-order valence-corrected chi connectivity index (χ4v) is 3.71. The van der Waals surface area contributed by atoms with Crippen molar-refractivity contribution in [3.05, 3.63) is 30.6 Å². The summed E-state index contributed by atoms with van der Waals surface area (Å²) in [6.45, 7) is 5.00. The highest BCUT2D eigenvalue weighted by Crippen LogP contribution is 2.22. The Kier molecular flexibility index (Phi) is 4.33. The predicted molar refractivity (Wildman–Crippen MR) is 104 cm³/mol. The molecule has 5 rings (SSSR count). The van der Waals surface area contributed by atoms with E-state index in [1.165, 1.54) is 19.3 Å². The van der Waals surface area contributed by atoms with E-state index in [1.807, 2.05) is 28.8 Å². The molecule has 0 amide bonds. The van der Waals surface area contributed by atoms with Crippen molar-refractivity contribution in [2.45, 2.75) is 19.3 Å². The number of hydrogen-bond donors (Lipinski definition) is 0. The molecule has 2 aromatic heterocycles. The molecule has 0 N–H and O–H groups in total. The van der Waals surface area contributed by atoms with Crippen LogP contribution in [0, 0.1) is 0 Å². The van der Waals surface area contributed by atoms with Gasteiger partial charge in [0.15, 0.2) is 0 Å². The summed E-state index contributed by atoms with van der Waals surface area (Å²) in [7, 11) is 0. The molecular formula is C19H23N7O. The lowest BCUT2D eigenvalue weighted by molar-refractivity contribution is 0.122. The molecule has 0 bridgehead atoms. The highest BCUT2D eigenvalue weighted by molar-refractivity contribution is 5.76. The number of fused-ring (bicyclic) bond motifs is 1. The van der Waals surface area contributed by atoms with E-state index in [0.717, 1.165) is 49.1 Å². The van der Waals surface area contributed by atoms with Crippen LogP contribution in [-0.4, -0.2) is 63.9 Å². The van der Waals surface area contributed by atoms with E-state index in [2.05, 4.69) is 14.8 Å². The van der Waals surface area contributed by atoms with E-state index in [4.69, 9.17) is 19.7 Å². The van der Waals surface area contributed by atoms with Crippen molar-refractivity contribution in [3.63, 3.8) is 0 Å². The van der Waals surface area contributed by atoms with Gasteiger partial charge in [0.25, 0.3) is 0 Å². The Balaban J connectivity index is 1.60. The number of aromatic nitrogens is 5. The first kappa shape index (κ1) is 16.4. The van der Waals surface area contributed by atoms with Gasteiger partial charge in [-0.3, -0.25) is 4.57 Å². The van der Waals surface area contributed by atoms with Gasteiger partial charge in [-0.05, 0) is 31.4 Å². The van der Waals surface area contributed by atoms with Crippen LogP contribution in [-0.2, 0) is 4.74 Å². The molecule has 8 heteroatoms. The normalized spacial score (nSPS) is 18.2. The highest BCUT2D eigenvalue weighted by Gasteiger charge is 2.21. The lowest BCUT2D eigenvalue weighted by Gasteiger charge is -2.30. The minimum atomic E-state index is 0.626. The summed E-state index contributed by atoms with van der Waals surface area (Å²) in [6.07, 6.45) is 5.43. The number of anilines is 2. The Morgan fingerprint density at radius 1 is 0.741 bits per heavy atom. The third kappa shape index (κ3) is 3.21. The maximum Gasteiger partial charge on any atom is 0.242 e. The smallest absolute Gasteiger partial charge is 0.242 e. The summed E-state index contributed by atoms with van der Waals surface area (Å²) in [6, 6.07) is 8.05. The van der Waals surface area contributed by atoms with Gasteiger partial charge in [-0.2, -0.15) is 15.0 Å². The third-order valence-electron chi connectivity index (χ3n) is 5.20. The van der Waals surface area contributed by atoms with Crippen molar-refractivity contribution in [1.82, 2.24) is 24.5 Å². The van der Waals surface area contributed by atoms with Gasteiger partial charge in [-0.25, -0.2) is 4.98 Å². The van der Waals surface area contributed by atoms with Crippen molar-refractivity contribution in [1.29, 1.82) is 0 Å². The third-order valence-corrected chi connectivity index (χ3v) is 5.20. The summed E-state index contributed by atoms with van der Waals surface area (Å²) >= 11 is 0. The Morgan fingerprint density at radius 2 is 1.41 bits per heavy atom. The summed E-state index contributed by atoms with van der Waals surface area (Å²) < 4.78 is 7.44. The van der Waals surface area contributed by atoms with Crippen LogP contribution in [0.5, 0.6) is 0 Å². The van der Waals surface area contributed by atoms with Gasteiger partial charge in [-0.15, -0.1) is 0 Å². The molecule has 27 heavy (non-hydrogen) atoms. The van der Waals surface area contributed by atoms with Crippen LogP contribution in [0.3, 0.4) is 0 Å². The van der Waals surface area contributed by atoms with E-state index in [-0.39, 0.29) is 0 Å². The number of benzene rings is 1. The number of imidazole rings is 1. The zero-order chi connectivity index (χ0) is 18.1. The van der Waals surface area contributed by atoms with Gasteiger partial charge in [0.2, 0.25) is 17.8 Å². The molecule has 0 atom stereocenters. The van der Waals surface area contributed by atoms with Crippen molar-refractivity contribution < 1.29 is 4.74 Å². The molecule has 1 aromatic carbocycles. The lowest BCUT2D eigenvalue weighted by atomic mass is 10.1. The molecule has 2 aliphatic heterocycles. The van der Waals surface area contributed by atoms with Crippen molar-refractivity contribution in [3.8, 4) is 5.95 Å². The van der Waals surface area contributed by atoms with E-state index >= 15 is 0 Å². The molecule has 0 saturated carbocycles. The van der Waals surface area contributed by atoms with Gasteiger partial charge >= 0.3 is 0 Å². The van der Waals surface area contributed by atoms with Gasteiger partial charge in [0, 0.05) is 26.2 Å². The maximum atomic E-state index is 5.49. The quantitative estimate of drug-likeness (QED) is 0.703. The number of morpholine rings is 1. The predicted octanol–water partition coefficient (Wildman–Crippen LogP) is 2.04. The zero-order valence-electron chi connectivity index (χ0n) is 15.3. The minimum Gasteiger partial charge on any atom is -0.378 e. The molecule has 0 aliphatic carbocycles. The number of ether oxygens (including phenoxy) is 1. The van der Waals surface area contributed by atoms with Gasteiger partial charge < -0.3 is 14.5 Å². The Labute approximate surface area is 157 Å². The van der Waals surface area contributed by atoms with E-state index in [9.17, 15) is 0 Å². The number of piperidine rings is 1. The fraction of sp³-hybridized carbons (Fsp3) is 0.474. The molecule has 0 unspecified atom stereocenters. The fourth-order valence-electron chi connectivity index (χ4n) is 3.71. The van der Waals surface area contributed by atoms with Crippen LogP contribution in [0.25, 0.3) is 17.0 Å². The number of para-hydroxylation sites is 2. The molecule has 2 aliphatic rings. The van der Waals surface area contributed by atoms with Gasteiger partial charge in [0.1, 0.15) is 6.33 Å². The van der Waals surface area contributed by atoms with Crippen LogP contribution in [0.2, 0.25) is 0 Å². The van der Waals surface area contributed by atoms with Crippen molar-refractivity contribution in [2.75, 3.05) is 49.2 Å². The zero-order valence-corrected chi connectivity index (χ0v) is 15.3. The standard InChI is InChI=1S/C19H23N7O/c1-4-8-24(9-5-1)17-21-18(25-10-12-27-13-11-25)23-19(22-17)26-14-20-15-6-2-3-7-16(15)26/h2-3,6-7,14H,1,4-5,8-13H2. The van der Waals surface area contributed by atoms with E-state index < -0.39 is 0 Å². The Hall–Kier alpha value is -2.74. The molecule has 8 nitrogen and oxygen atoms in total. The second-order valence-electron chi connectivity index (χ2n) is 6.99. The molecule has 4 heterocycles. The van der Waals surface area contributed by atoms with Crippen LogP contribution in [0.1, 0.15) is 19.3 Å². The Bertz CT molecular complexity index is 892. The SMILES string of the molecule is c1ccc2c(c1)ncn2-c1nc(N2CCCCC2)nc(N2CCOCC2)n1. The molecular weight excluding hydrogens is 342 g/mol. The first-order valence-corrected chi connectivity index (χ1v) is 9.65. The topological polar surface area (TPSA) is 72.2 Å². The van der Waals surface area contributed by atoms with Crippen molar-refractivity contribution >= 4 is 22.9 Å². The highest BCUT2D eigenvalue weighted by atomic mass is 16.5. The van der Waals surface area contributed by atoms with E-state index in [0.29, 0.717) is 19.2 Å². The Morgan fingerprint density at radius 3 is 2.19 bits per heavy atom. The van der Waals surface area contributed by atoms with Gasteiger partial charge in [-0.1, -0.05) is 12.1 Å². The summed E-state index contributed by atoms with van der Waals surface area (Å²) in [5.41, 5.74) is 1.94. The summed E-state index contributed by atoms with van der Waals surface area (Å²) in [4.78, 5) is 23.4. The van der Waals surface area contributed by atoms with Crippen LogP contribution in [0.4, 0.5) is 11.9 Å². The first-order chi connectivity index (χ1) is 13.4. The molecule has 3 aromatic rings.